The van der Waals surface area contributed by atoms with Gasteiger partial charge in [-0.05, 0) is 36.6 Å². The van der Waals surface area contributed by atoms with Crippen LogP contribution < -0.4 is 5.73 Å². The van der Waals surface area contributed by atoms with E-state index >= 15 is 0 Å². The summed E-state index contributed by atoms with van der Waals surface area (Å²) in [4.78, 5) is 0.356. The van der Waals surface area contributed by atoms with Crippen LogP contribution in [0.3, 0.4) is 0 Å². The van der Waals surface area contributed by atoms with Gasteiger partial charge in [0.2, 0.25) is 0 Å². The van der Waals surface area contributed by atoms with Gasteiger partial charge in [0.05, 0.1) is 16.8 Å². The third-order valence-electron chi connectivity index (χ3n) is 5.60. The number of ether oxygens (including phenoxy) is 1. The van der Waals surface area contributed by atoms with E-state index in [0.717, 1.165) is 17.5 Å². The molecule has 1 aliphatic rings. The molecule has 0 radical (unpaired) electrons. The molecule has 3 rings (SSSR count). The predicted octanol–water partition coefficient (Wildman–Crippen LogP) is 3.09. The average molecular weight is 374 g/mol. The van der Waals surface area contributed by atoms with Crippen LogP contribution >= 0.6 is 0 Å². The minimum absolute atomic E-state index is 0.148. The van der Waals surface area contributed by atoms with Crippen LogP contribution in [0.1, 0.15) is 29.5 Å². The molecule has 0 amide bonds. The van der Waals surface area contributed by atoms with E-state index in [1.807, 2.05) is 31.2 Å². The van der Waals surface area contributed by atoms with Crippen LogP contribution in [0.2, 0.25) is 0 Å². The number of sulfone groups is 1. The normalized spacial score (nSPS) is 25.2. The van der Waals surface area contributed by atoms with Gasteiger partial charge in [0.15, 0.2) is 9.84 Å². The molecule has 2 N–H and O–H groups in total. The van der Waals surface area contributed by atoms with Gasteiger partial charge in [-0.1, -0.05) is 48.9 Å². The lowest BCUT2D eigenvalue weighted by Crippen LogP contribution is -2.28. The van der Waals surface area contributed by atoms with Crippen LogP contribution in [0.25, 0.3) is 0 Å². The fourth-order valence-electron chi connectivity index (χ4n) is 4.03. The number of hydrogen-bond acceptors (Lipinski definition) is 4. The zero-order valence-corrected chi connectivity index (χ0v) is 16.4. The molecule has 0 heterocycles. The van der Waals surface area contributed by atoms with E-state index in [1.165, 1.54) is 5.56 Å². The van der Waals surface area contributed by atoms with Crippen LogP contribution in [-0.4, -0.2) is 33.9 Å². The lowest BCUT2D eigenvalue weighted by atomic mass is 9.99. The highest BCUT2D eigenvalue weighted by Gasteiger charge is 2.70. The standard InChI is InChI=1S/C21H27NO3S/c1-4-16-7-9-17(10-8-16)19-20(21(19,13-22)14-25-3)26(23,24)18-11-5-15(2)6-12-18/h5-12,19-20H,4,13-14,22H2,1-3H3/t19-,20+,21-/m1/s1. The van der Waals surface area contributed by atoms with Crippen molar-refractivity contribution in [1.29, 1.82) is 0 Å². The minimum Gasteiger partial charge on any atom is -0.384 e. The first-order chi connectivity index (χ1) is 12.4. The van der Waals surface area contributed by atoms with Crippen LogP contribution in [0.4, 0.5) is 0 Å². The summed E-state index contributed by atoms with van der Waals surface area (Å²) in [5.41, 5.74) is 8.79. The van der Waals surface area contributed by atoms with Gasteiger partial charge in [-0.25, -0.2) is 8.42 Å². The Morgan fingerprint density at radius 2 is 1.69 bits per heavy atom. The monoisotopic (exact) mass is 373 g/mol. The molecule has 1 aliphatic carbocycles. The van der Waals surface area contributed by atoms with Crippen molar-refractivity contribution in [3.8, 4) is 0 Å². The SMILES string of the molecule is CCc1ccc([C@@H]2[C@H](S(=O)(=O)c3ccc(C)cc3)[C@]2(CN)COC)cc1. The summed E-state index contributed by atoms with van der Waals surface area (Å²) in [6.45, 7) is 4.66. The van der Waals surface area contributed by atoms with Crippen LogP contribution in [-0.2, 0) is 21.0 Å². The Morgan fingerprint density at radius 1 is 1.08 bits per heavy atom. The second-order valence-corrected chi connectivity index (χ2v) is 9.29. The highest BCUT2D eigenvalue weighted by molar-refractivity contribution is 7.92. The van der Waals surface area contributed by atoms with Crippen molar-refractivity contribution in [3.05, 3.63) is 65.2 Å². The van der Waals surface area contributed by atoms with Gasteiger partial charge >= 0.3 is 0 Å². The van der Waals surface area contributed by atoms with Crippen molar-refractivity contribution in [2.24, 2.45) is 11.1 Å². The van der Waals surface area contributed by atoms with E-state index in [1.54, 1.807) is 19.2 Å². The molecule has 26 heavy (non-hydrogen) atoms. The van der Waals surface area contributed by atoms with Crippen molar-refractivity contribution in [1.82, 2.24) is 0 Å². The molecule has 1 fully saturated rings. The Balaban J connectivity index is 2.03. The number of hydrogen-bond donors (Lipinski definition) is 1. The van der Waals surface area contributed by atoms with Crippen molar-refractivity contribution in [2.45, 2.75) is 36.3 Å². The minimum atomic E-state index is -3.50. The molecule has 0 saturated heterocycles. The maximum absolute atomic E-state index is 13.4. The molecule has 4 nitrogen and oxygen atoms in total. The van der Waals surface area contributed by atoms with Crippen molar-refractivity contribution < 1.29 is 13.2 Å². The van der Waals surface area contributed by atoms with Gasteiger partial charge in [-0.3, -0.25) is 0 Å². The maximum Gasteiger partial charge on any atom is 0.182 e. The Bertz CT molecular complexity index is 859. The van der Waals surface area contributed by atoms with Gasteiger partial charge < -0.3 is 10.5 Å². The summed E-state index contributed by atoms with van der Waals surface area (Å²) in [5.74, 6) is -0.148. The Hall–Kier alpha value is -1.69. The number of nitrogens with two attached hydrogens (primary N) is 1. The molecule has 2 aromatic rings. The van der Waals surface area contributed by atoms with Crippen LogP contribution in [0.5, 0.6) is 0 Å². The summed E-state index contributed by atoms with van der Waals surface area (Å²) in [5, 5.41) is -0.560. The average Bonchev–Trinajstić information content (AvgIpc) is 3.32. The molecule has 0 unspecified atom stereocenters. The van der Waals surface area contributed by atoms with Gasteiger partial charge in [-0.2, -0.15) is 0 Å². The van der Waals surface area contributed by atoms with Gasteiger partial charge in [-0.15, -0.1) is 0 Å². The molecule has 0 aromatic heterocycles. The molecule has 3 atom stereocenters. The largest absolute Gasteiger partial charge is 0.384 e. The molecular formula is C21H27NO3S. The summed E-state index contributed by atoms with van der Waals surface area (Å²) in [7, 11) is -1.90. The third-order valence-corrected chi connectivity index (χ3v) is 7.94. The lowest BCUT2D eigenvalue weighted by Gasteiger charge is -2.15. The first-order valence-corrected chi connectivity index (χ1v) is 10.5. The molecule has 0 bridgehead atoms. The fraction of sp³-hybridized carbons (Fsp3) is 0.429. The van der Waals surface area contributed by atoms with E-state index in [0.29, 0.717) is 11.5 Å². The molecule has 140 valence electrons. The topological polar surface area (TPSA) is 69.4 Å². The Morgan fingerprint density at radius 3 is 2.19 bits per heavy atom. The number of benzene rings is 2. The summed E-state index contributed by atoms with van der Waals surface area (Å²) < 4.78 is 32.1. The zero-order chi connectivity index (χ0) is 18.9. The van der Waals surface area contributed by atoms with Crippen LogP contribution in [0, 0.1) is 12.3 Å². The maximum atomic E-state index is 13.4. The van der Waals surface area contributed by atoms with Gasteiger partial charge in [0.25, 0.3) is 0 Å². The van der Waals surface area contributed by atoms with E-state index in [-0.39, 0.29) is 12.5 Å². The van der Waals surface area contributed by atoms with Crippen molar-refractivity contribution in [3.63, 3.8) is 0 Å². The predicted molar refractivity (Wildman–Crippen MR) is 104 cm³/mol. The van der Waals surface area contributed by atoms with Gasteiger partial charge in [0.1, 0.15) is 0 Å². The fourth-order valence-corrected chi connectivity index (χ4v) is 6.47. The van der Waals surface area contributed by atoms with E-state index in [4.69, 9.17) is 10.5 Å². The molecule has 0 spiro atoms. The number of rotatable bonds is 7. The second-order valence-electron chi connectivity index (χ2n) is 7.22. The molecular weight excluding hydrogens is 346 g/mol. The number of methoxy groups -OCH3 is 1. The second kappa shape index (κ2) is 7.14. The lowest BCUT2D eigenvalue weighted by molar-refractivity contribution is 0.142. The first kappa shape index (κ1) is 19.1. The highest BCUT2D eigenvalue weighted by Crippen LogP contribution is 2.63. The Kier molecular flexibility index (Phi) is 5.24. The van der Waals surface area contributed by atoms with E-state index in [9.17, 15) is 8.42 Å². The first-order valence-electron chi connectivity index (χ1n) is 8.99. The summed E-state index contributed by atoms with van der Waals surface area (Å²) >= 11 is 0. The molecule has 0 aliphatic heterocycles. The molecule has 2 aromatic carbocycles. The van der Waals surface area contributed by atoms with Crippen molar-refractivity contribution >= 4 is 9.84 Å². The van der Waals surface area contributed by atoms with E-state index in [2.05, 4.69) is 19.1 Å². The van der Waals surface area contributed by atoms with E-state index < -0.39 is 20.5 Å². The molecule has 1 saturated carbocycles. The smallest absolute Gasteiger partial charge is 0.182 e. The molecule has 5 heteroatoms. The summed E-state index contributed by atoms with van der Waals surface area (Å²) in [6.07, 6.45) is 0.955. The summed E-state index contributed by atoms with van der Waals surface area (Å²) in [6, 6.07) is 15.3. The van der Waals surface area contributed by atoms with Crippen LogP contribution in [0.15, 0.2) is 53.4 Å². The van der Waals surface area contributed by atoms with Crippen molar-refractivity contribution in [2.75, 3.05) is 20.3 Å². The number of aryl methyl sites for hydroxylation is 2. The highest BCUT2D eigenvalue weighted by atomic mass is 32.2. The van der Waals surface area contributed by atoms with Gasteiger partial charge in [0, 0.05) is 25.0 Å². The Labute approximate surface area is 156 Å². The quantitative estimate of drug-likeness (QED) is 0.810. The zero-order valence-electron chi connectivity index (χ0n) is 15.6. The third kappa shape index (κ3) is 3.08.